The molecule has 0 bridgehead atoms. The fourth-order valence-electron chi connectivity index (χ4n) is 2.33. The van der Waals surface area contributed by atoms with Crippen LogP contribution in [0.2, 0.25) is 0 Å². The first-order chi connectivity index (χ1) is 8.65. The summed E-state index contributed by atoms with van der Waals surface area (Å²) in [5.74, 6) is 0.595. The van der Waals surface area contributed by atoms with Crippen LogP contribution in [0.1, 0.15) is 28.3 Å². The van der Waals surface area contributed by atoms with E-state index in [9.17, 15) is 0 Å². The van der Waals surface area contributed by atoms with E-state index in [0.29, 0.717) is 5.82 Å². The minimum absolute atomic E-state index is 0.0832. The third-order valence-electron chi connectivity index (χ3n) is 3.32. The second-order valence-electron chi connectivity index (χ2n) is 4.51. The molecule has 1 aromatic heterocycles. The average molecular weight is 241 g/mol. The van der Waals surface area contributed by atoms with Crippen LogP contribution in [0, 0.1) is 13.8 Å². The van der Waals surface area contributed by atoms with Gasteiger partial charge in [-0.25, -0.2) is 4.98 Å². The smallest absolute Gasteiger partial charge is 0.128 e. The van der Waals surface area contributed by atoms with Gasteiger partial charge in [0.1, 0.15) is 5.82 Å². The lowest BCUT2D eigenvalue weighted by atomic mass is 9.93. The topological polar surface area (TPSA) is 50.9 Å². The van der Waals surface area contributed by atoms with Gasteiger partial charge in [0.15, 0.2) is 0 Å². The van der Waals surface area contributed by atoms with Gasteiger partial charge in [-0.05, 0) is 43.7 Å². The maximum absolute atomic E-state index is 6.03. The normalized spacial score (nSPS) is 12.4. The number of hydrogen-bond acceptors (Lipinski definition) is 3. The van der Waals surface area contributed by atoms with Crippen LogP contribution in [0.25, 0.3) is 0 Å². The molecule has 3 N–H and O–H groups in total. The van der Waals surface area contributed by atoms with Crippen molar-refractivity contribution in [3.8, 4) is 0 Å². The summed E-state index contributed by atoms with van der Waals surface area (Å²) in [5, 5.41) is 3.34. The molecule has 0 spiro atoms. The lowest BCUT2D eigenvalue weighted by Gasteiger charge is -2.22. The molecule has 1 atom stereocenters. The number of aromatic nitrogens is 1. The molecule has 0 aliphatic rings. The highest BCUT2D eigenvalue weighted by Crippen LogP contribution is 2.29. The first-order valence-electron chi connectivity index (χ1n) is 6.09. The molecule has 18 heavy (non-hydrogen) atoms. The first-order valence-corrected chi connectivity index (χ1v) is 6.09. The van der Waals surface area contributed by atoms with Gasteiger partial charge in [-0.15, -0.1) is 0 Å². The van der Waals surface area contributed by atoms with Crippen LogP contribution in [-0.4, -0.2) is 12.0 Å². The number of aryl methyl sites for hydroxylation is 2. The van der Waals surface area contributed by atoms with Crippen molar-refractivity contribution < 1.29 is 0 Å². The number of pyridine rings is 1. The molecular weight excluding hydrogens is 222 g/mol. The van der Waals surface area contributed by atoms with Gasteiger partial charge in [-0.2, -0.15) is 0 Å². The molecule has 2 rings (SSSR count). The van der Waals surface area contributed by atoms with Crippen LogP contribution in [0.3, 0.4) is 0 Å². The second-order valence-corrected chi connectivity index (χ2v) is 4.51. The van der Waals surface area contributed by atoms with Gasteiger partial charge in [0.25, 0.3) is 0 Å². The number of anilines is 1. The largest absolute Gasteiger partial charge is 0.383 e. The van der Waals surface area contributed by atoms with E-state index >= 15 is 0 Å². The van der Waals surface area contributed by atoms with Gasteiger partial charge in [0.05, 0.1) is 6.04 Å². The fraction of sp³-hybridized carbons (Fsp3) is 0.267. The lowest BCUT2D eigenvalue weighted by molar-refractivity contribution is 0.683. The van der Waals surface area contributed by atoms with Crippen molar-refractivity contribution in [2.75, 3.05) is 12.8 Å². The number of rotatable bonds is 3. The maximum Gasteiger partial charge on any atom is 0.128 e. The average Bonchev–Trinajstić information content (AvgIpc) is 2.35. The van der Waals surface area contributed by atoms with Crippen molar-refractivity contribution in [1.29, 1.82) is 0 Å². The third kappa shape index (κ3) is 2.22. The number of nitrogens with two attached hydrogens (primary N) is 1. The monoisotopic (exact) mass is 241 g/mol. The predicted octanol–water partition coefficient (Wildman–Crippen LogP) is 2.59. The van der Waals surface area contributed by atoms with Crippen molar-refractivity contribution in [3.63, 3.8) is 0 Å². The molecule has 0 aliphatic heterocycles. The molecule has 3 nitrogen and oxygen atoms in total. The zero-order chi connectivity index (χ0) is 13.1. The quantitative estimate of drug-likeness (QED) is 0.868. The number of nitrogens with one attached hydrogen (secondary N) is 1. The fourth-order valence-corrected chi connectivity index (χ4v) is 2.33. The Kier molecular flexibility index (Phi) is 3.63. The van der Waals surface area contributed by atoms with E-state index in [1.165, 1.54) is 11.1 Å². The Bertz CT molecular complexity index is 529. The second kappa shape index (κ2) is 5.19. The summed E-state index contributed by atoms with van der Waals surface area (Å²) in [6, 6.07) is 10.4. The highest BCUT2D eigenvalue weighted by atomic mass is 14.9. The van der Waals surface area contributed by atoms with E-state index in [0.717, 1.165) is 11.1 Å². The summed E-state index contributed by atoms with van der Waals surface area (Å²) in [6.07, 6.45) is 1.75. The highest BCUT2D eigenvalue weighted by molar-refractivity contribution is 5.51. The maximum atomic E-state index is 6.03. The van der Waals surface area contributed by atoms with Gasteiger partial charge in [0.2, 0.25) is 0 Å². The molecule has 0 aliphatic carbocycles. The Hall–Kier alpha value is -1.87. The van der Waals surface area contributed by atoms with Crippen LogP contribution in [0.5, 0.6) is 0 Å². The molecule has 1 unspecified atom stereocenters. The van der Waals surface area contributed by atoms with Crippen molar-refractivity contribution >= 4 is 5.82 Å². The van der Waals surface area contributed by atoms with E-state index < -0.39 is 0 Å². The Balaban J connectivity index is 2.56. The van der Waals surface area contributed by atoms with E-state index in [-0.39, 0.29) is 6.04 Å². The number of hydrogen-bond donors (Lipinski definition) is 2. The van der Waals surface area contributed by atoms with Gasteiger partial charge in [0, 0.05) is 11.8 Å². The van der Waals surface area contributed by atoms with Gasteiger partial charge in [-0.1, -0.05) is 24.3 Å². The van der Waals surface area contributed by atoms with Crippen LogP contribution in [-0.2, 0) is 0 Å². The summed E-state index contributed by atoms with van der Waals surface area (Å²) in [5.41, 5.74) is 10.7. The Morgan fingerprint density at radius 2 is 1.83 bits per heavy atom. The van der Waals surface area contributed by atoms with Crippen LogP contribution < -0.4 is 11.1 Å². The van der Waals surface area contributed by atoms with Crippen LogP contribution in [0.15, 0.2) is 36.5 Å². The molecule has 3 heteroatoms. The Morgan fingerprint density at radius 3 is 2.44 bits per heavy atom. The molecule has 2 aromatic rings. The Morgan fingerprint density at radius 1 is 1.11 bits per heavy atom. The van der Waals surface area contributed by atoms with E-state index in [4.69, 9.17) is 5.73 Å². The molecular formula is C15H19N3. The number of benzene rings is 1. The molecule has 0 fully saturated rings. The van der Waals surface area contributed by atoms with Crippen LogP contribution >= 0.6 is 0 Å². The van der Waals surface area contributed by atoms with E-state index in [1.807, 2.05) is 19.2 Å². The van der Waals surface area contributed by atoms with Crippen LogP contribution in [0.4, 0.5) is 5.82 Å². The summed E-state index contributed by atoms with van der Waals surface area (Å²) < 4.78 is 0. The number of nitrogens with zero attached hydrogens (tertiary/aromatic N) is 1. The zero-order valence-electron chi connectivity index (χ0n) is 11.1. The standard InChI is InChI=1S/C15H19N3/c1-10-6-4-5-7-12(10)14(17-3)13-11(2)8-9-18-15(13)16/h4-9,14,17H,1-3H3,(H2,16,18). The molecule has 1 heterocycles. The lowest BCUT2D eigenvalue weighted by Crippen LogP contribution is -2.21. The zero-order valence-corrected chi connectivity index (χ0v) is 11.1. The SMILES string of the molecule is CNC(c1ccccc1C)c1c(C)ccnc1N. The molecule has 94 valence electrons. The number of nitrogen functional groups attached to an aromatic ring is 1. The third-order valence-corrected chi connectivity index (χ3v) is 3.32. The van der Waals surface area contributed by atoms with E-state index in [2.05, 4.69) is 42.3 Å². The van der Waals surface area contributed by atoms with Gasteiger partial charge >= 0.3 is 0 Å². The van der Waals surface area contributed by atoms with Crippen molar-refractivity contribution in [3.05, 3.63) is 58.8 Å². The molecule has 0 amide bonds. The summed E-state index contributed by atoms with van der Waals surface area (Å²) in [4.78, 5) is 4.20. The van der Waals surface area contributed by atoms with Crippen molar-refractivity contribution in [2.24, 2.45) is 0 Å². The van der Waals surface area contributed by atoms with Crippen molar-refractivity contribution in [2.45, 2.75) is 19.9 Å². The summed E-state index contributed by atoms with van der Waals surface area (Å²) >= 11 is 0. The van der Waals surface area contributed by atoms with E-state index in [1.54, 1.807) is 6.20 Å². The first kappa shape index (κ1) is 12.6. The highest BCUT2D eigenvalue weighted by Gasteiger charge is 2.18. The minimum Gasteiger partial charge on any atom is -0.383 e. The molecule has 1 aromatic carbocycles. The minimum atomic E-state index is 0.0832. The molecule has 0 saturated heterocycles. The summed E-state index contributed by atoms with van der Waals surface area (Å²) in [6.45, 7) is 4.18. The van der Waals surface area contributed by atoms with Crippen molar-refractivity contribution in [1.82, 2.24) is 10.3 Å². The van der Waals surface area contributed by atoms with Gasteiger partial charge in [-0.3, -0.25) is 0 Å². The summed E-state index contributed by atoms with van der Waals surface area (Å²) in [7, 11) is 1.95. The Labute approximate surface area is 108 Å². The molecule has 0 radical (unpaired) electrons. The molecule has 0 saturated carbocycles. The predicted molar refractivity (Wildman–Crippen MR) is 75.5 cm³/mol. The van der Waals surface area contributed by atoms with Gasteiger partial charge < -0.3 is 11.1 Å².